The molecule has 4 aromatic rings. The maximum absolute atomic E-state index is 13.1. The van der Waals surface area contributed by atoms with Crippen molar-refractivity contribution in [3.05, 3.63) is 60.2 Å². The van der Waals surface area contributed by atoms with Gasteiger partial charge in [-0.05, 0) is 38.1 Å². The summed E-state index contributed by atoms with van der Waals surface area (Å²) in [5, 5.41) is 1.96. The first-order chi connectivity index (χ1) is 14.5. The summed E-state index contributed by atoms with van der Waals surface area (Å²) in [6.45, 7) is 4.43. The van der Waals surface area contributed by atoms with Gasteiger partial charge in [-0.15, -0.1) is 11.3 Å². The summed E-state index contributed by atoms with van der Waals surface area (Å²) < 4.78 is 41.8. The second-order valence-electron chi connectivity index (χ2n) is 6.38. The lowest BCUT2D eigenvalue weighted by molar-refractivity contribution is 0.322. The Kier molecular flexibility index (Phi) is 5.65. The molecule has 0 bridgehead atoms. The third-order valence-corrected chi connectivity index (χ3v) is 6.49. The van der Waals surface area contributed by atoms with Crippen LogP contribution in [0.3, 0.4) is 0 Å². The molecule has 0 spiro atoms. The van der Waals surface area contributed by atoms with Crippen LogP contribution < -0.4 is 14.2 Å². The van der Waals surface area contributed by atoms with Crippen LogP contribution in [0.1, 0.15) is 13.8 Å². The van der Waals surface area contributed by atoms with Gasteiger partial charge < -0.3 is 9.47 Å². The lowest BCUT2D eigenvalue weighted by Gasteiger charge is -2.14. The van der Waals surface area contributed by atoms with Crippen molar-refractivity contribution < 1.29 is 17.9 Å². The number of thiazole rings is 1. The highest BCUT2D eigenvalue weighted by atomic mass is 32.2. The van der Waals surface area contributed by atoms with E-state index in [4.69, 9.17) is 9.47 Å². The van der Waals surface area contributed by atoms with Gasteiger partial charge in [0, 0.05) is 35.1 Å². The molecule has 0 unspecified atom stereocenters. The van der Waals surface area contributed by atoms with Crippen molar-refractivity contribution in [1.29, 1.82) is 0 Å². The first-order valence-corrected chi connectivity index (χ1v) is 11.8. The smallest absolute Gasteiger partial charge is 0.265 e. The molecule has 0 aliphatic rings. The molecule has 0 radical (unpaired) electrons. The van der Waals surface area contributed by atoms with Crippen LogP contribution in [0.25, 0.3) is 16.2 Å². The van der Waals surface area contributed by atoms with Crippen LogP contribution in [0.4, 0.5) is 5.69 Å². The number of fused-ring (bicyclic) bond motifs is 1. The van der Waals surface area contributed by atoms with Gasteiger partial charge in [0.25, 0.3) is 10.0 Å². The number of hydrogen-bond acceptors (Lipinski definition) is 6. The molecular weight excluding hydrogens is 422 g/mol. The quantitative estimate of drug-likeness (QED) is 0.428. The Hall–Kier alpha value is -3.04. The monoisotopic (exact) mass is 443 g/mol. The summed E-state index contributed by atoms with van der Waals surface area (Å²) in [4.78, 5) is 5.49. The van der Waals surface area contributed by atoms with Crippen molar-refractivity contribution in [2.75, 3.05) is 17.9 Å². The molecule has 0 saturated carbocycles. The van der Waals surface area contributed by atoms with E-state index < -0.39 is 10.0 Å². The number of nitrogens with zero attached hydrogens (tertiary/aromatic N) is 2. The van der Waals surface area contributed by atoms with Crippen molar-refractivity contribution in [3.8, 4) is 22.8 Å². The first-order valence-electron chi connectivity index (χ1n) is 9.45. The molecule has 0 amide bonds. The van der Waals surface area contributed by atoms with Crippen molar-refractivity contribution in [2.24, 2.45) is 0 Å². The van der Waals surface area contributed by atoms with Crippen LogP contribution in [0.2, 0.25) is 0 Å². The second kappa shape index (κ2) is 8.37. The highest BCUT2D eigenvalue weighted by molar-refractivity contribution is 7.92. The molecule has 0 fully saturated rings. The Morgan fingerprint density at radius 3 is 2.70 bits per heavy atom. The van der Waals surface area contributed by atoms with E-state index >= 15 is 0 Å². The van der Waals surface area contributed by atoms with E-state index in [1.807, 2.05) is 35.2 Å². The average molecular weight is 444 g/mol. The largest absolute Gasteiger partial charge is 0.494 e. The number of nitrogens with one attached hydrogen (secondary N) is 1. The van der Waals surface area contributed by atoms with E-state index in [-0.39, 0.29) is 10.6 Å². The zero-order chi connectivity index (χ0) is 21.1. The van der Waals surface area contributed by atoms with Crippen LogP contribution in [-0.4, -0.2) is 31.0 Å². The van der Waals surface area contributed by atoms with Gasteiger partial charge in [-0.1, -0.05) is 12.1 Å². The Morgan fingerprint density at radius 2 is 1.93 bits per heavy atom. The molecule has 0 atom stereocenters. The molecule has 2 heterocycles. The fourth-order valence-electron chi connectivity index (χ4n) is 3.05. The maximum atomic E-state index is 13.1. The Labute approximate surface area is 179 Å². The van der Waals surface area contributed by atoms with Crippen molar-refractivity contribution >= 4 is 32.0 Å². The number of anilines is 1. The molecule has 156 valence electrons. The van der Waals surface area contributed by atoms with Crippen LogP contribution in [-0.2, 0) is 10.0 Å². The van der Waals surface area contributed by atoms with E-state index in [0.29, 0.717) is 24.7 Å². The van der Waals surface area contributed by atoms with Crippen LogP contribution in [0.15, 0.2) is 65.1 Å². The third kappa shape index (κ3) is 4.12. The van der Waals surface area contributed by atoms with Gasteiger partial charge in [-0.25, -0.2) is 13.4 Å². The van der Waals surface area contributed by atoms with Gasteiger partial charge in [0.05, 0.1) is 18.9 Å². The van der Waals surface area contributed by atoms with E-state index in [9.17, 15) is 8.42 Å². The summed E-state index contributed by atoms with van der Waals surface area (Å²) in [5.41, 5.74) is 2.03. The number of benzene rings is 2. The molecule has 9 heteroatoms. The van der Waals surface area contributed by atoms with Gasteiger partial charge in [-0.2, -0.15) is 0 Å². The lowest BCUT2D eigenvalue weighted by atomic mass is 10.1. The van der Waals surface area contributed by atoms with Gasteiger partial charge in [0.1, 0.15) is 16.4 Å². The zero-order valence-corrected chi connectivity index (χ0v) is 18.2. The number of sulfonamides is 1. The highest BCUT2D eigenvalue weighted by Crippen LogP contribution is 2.31. The Morgan fingerprint density at radius 1 is 1.10 bits per heavy atom. The highest BCUT2D eigenvalue weighted by Gasteiger charge is 2.21. The summed E-state index contributed by atoms with van der Waals surface area (Å²) in [6.07, 6.45) is 3.85. The van der Waals surface area contributed by atoms with E-state index in [2.05, 4.69) is 9.71 Å². The minimum absolute atomic E-state index is 0.0307. The molecule has 1 N–H and O–H groups in total. The zero-order valence-electron chi connectivity index (χ0n) is 16.5. The number of ether oxygens (including phenoxy) is 2. The van der Waals surface area contributed by atoms with E-state index in [0.717, 1.165) is 16.2 Å². The fourth-order valence-corrected chi connectivity index (χ4v) is 4.96. The van der Waals surface area contributed by atoms with Crippen molar-refractivity contribution in [3.63, 3.8) is 0 Å². The van der Waals surface area contributed by atoms with Gasteiger partial charge in [0.2, 0.25) is 0 Å². The summed E-state index contributed by atoms with van der Waals surface area (Å²) in [7, 11) is -3.90. The molecule has 0 aliphatic heterocycles. The van der Waals surface area contributed by atoms with Gasteiger partial charge in [-0.3, -0.25) is 9.12 Å². The average Bonchev–Trinajstić information content (AvgIpc) is 3.32. The standard InChI is InChI=1S/C21H21N3O4S2/c1-3-27-17-8-9-19(28-4-2)20(13-17)30(25,26)23-16-7-5-6-15(12-16)18-14-24-10-11-29-21(24)22-18/h5-14,23H,3-4H2,1-2H3. The molecule has 0 saturated heterocycles. The molecule has 2 aromatic carbocycles. The first kappa shape index (κ1) is 20.2. The van der Waals surface area contributed by atoms with Crippen LogP contribution >= 0.6 is 11.3 Å². The van der Waals surface area contributed by atoms with Crippen molar-refractivity contribution in [2.45, 2.75) is 18.7 Å². The topological polar surface area (TPSA) is 81.9 Å². The van der Waals surface area contributed by atoms with Gasteiger partial charge in [0.15, 0.2) is 4.96 Å². The van der Waals surface area contributed by atoms with E-state index in [1.54, 1.807) is 48.6 Å². The van der Waals surface area contributed by atoms with Crippen LogP contribution in [0.5, 0.6) is 11.5 Å². The van der Waals surface area contributed by atoms with E-state index in [1.165, 1.54) is 6.07 Å². The third-order valence-electron chi connectivity index (χ3n) is 4.32. The maximum Gasteiger partial charge on any atom is 0.265 e. The minimum atomic E-state index is -3.90. The van der Waals surface area contributed by atoms with Crippen LogP contribution in [0, 0.1) is 0 Å². The minimum Gasteiger partial charge on any atom is -0.494 e. The SMILES string of the molecule is CCOc1ccc(OCC)c(S(=O)(=O)Nc2cccc(-c3cn4ccsc4n3)c2)c1. The fraction of sp³-hybridized carbons (Fsp3) is 0.190. The summed E-state index contributed by atoms with van der Waals surface area (Å²) in [5.74, 6) is 0.743. The van der Waals surface area contributed by atoms with Crippen molar-refractivity contribution in [1.82, 2.24) is 9.38 Å². The molecule has 4 rings (SSSR count). The number of aromatic nitrogens is 2. The molecule has 30 heavy (non-hydrogen) atoms. The molecule has 2 aromatic heterocycles. The Bertz CT molecular complexity index is 1250. The predicted molar refractivity (Wildman–Crippen MR) is 118 cm³/mol. The lowest BCUT2D eigenvalue weighted by Crippen LogP contribution is -2.15. The summed E-state index contributed by atoms with van der Waals surface area (Å²) >= 11 is 1.54. The second-order valence-corrected chi connectivity index (χ2v) is 8.90. The number of imidazole rings is 1. The molecule has 7 nitrogen and oxygen atoms in total. The Balaban J connectivity index is 1.66. The molecule has 0 aliphatic carbocycles. The molecular formula is C21H21N3O4S2. The predicted octanol–water partition coefficient (Wildman–Crippen LogP) is 4.66. The number of hydrogen-bond donors (Lipinski definition) is 1. The normalized spacial score (nSPS) is 11.5. The van der Waals surface area contributed by atoms with Gasteiger partial charge >= 0.3 is 0 Å². The summed E-state index contributed by atoms with van der Waals surface area (Å²) in [6, 6.07) is 11.9. The number of rotatable bonds is 8.